The highest BCUT2D eigenvalue weighted by atomic mass is 15.1. The number of hydrogen-bond acceptors (Lipinski definition) is 2. The summed E-state index contributed by atoms with van der Waals surface area (Å²) in [5, 5.41) is 0. The van der Waals surface area contributed by atoms with Crippen LogP contribution in [0.5, 0.6) is 0 Å². The molecule has 12 heavy (non-hydrogen) atoms. The summed E-state index contributed by atoms with van der Waals surface area (Å²) in [6.07, 6.45) is 4.33. The third kappa shape index (κ3) is 1.17. The molecule has 0 saturated heterocycles. The molecule has 0 atom stereocenters. The second-order valence-electron chi connectivity index (χ2n) is 3.50. The van der Waals surface area contributed by atoms with Crippen molar-refractivity contribution in [2.75, 3.05) is 18.5 Å². The highest BCUT2D eigenvalue weighted by Crippen LogP contribution is 2.24. The summed E-state index contributed by atoms with van der Waals surface area (Å²) in [7, 11) is 2.14. The van der Waals surface area contributed by atoms with Crippen LogP contribution in [0.2, 0.25) is 0 Å². The Bertz CT molecular complexity index is 294. The third-order valence-corrected chi connectivity index (χ3v) is 2.40. The van der Waals surface area contributed by atoms with Gasteiger partial charge in [-0.05, 0) is 31.4 Å². The highest BCUT2D eigenvalue weighted by Gasteiger charge is 2.13. The molecule has 0 bridgehead atoms. The van der Waals surface area contributed by atoms with Crippen LogP contribution in [0.15, 0.2) is 12.3 Å². The summed E-state index contributed by atoms with van der Waals surface area (Å²) < 4.78 is 0. The first-order chi connectivity index (χ1) is 5.77. The van der Waals surface area contributed by atoms with Crippen molar-refractivity contribution in [3.63, 3.8) is 0 Å². The van der Waals surface area contributed by atoms with Crippen LogP contribution in [0, 0.1) is 6.92 Å². The van der Waals surface area contributed by atoms with Crippen LogP contribution in [0.25, 0.3) is 0 Å². The molecule has 0 radical (unpaired) electrons. The molecule has 0 N–H and O–H groups in total. The molecule has 0 fully saturated rings. The van der Waals surface area contributed by atoms with E-state index in [0.29, 0.717) is 0 Å². The second kappa shape index (κ2) is 2.77. The van der Waals surface area contributed by atoms with Crippen LogP contribution >= 0.6 is 0 Å². The number of aryl methyl sites for hydroxylation is 2. The minimum Gasteiger partial charge on any atom is -0.373 e. The number of nitrogens with zero attached hydrogens (tertiary/aromatic N) is 2. The summed E-state index contributed by atoms with van der Waals surface area (Å²) in [5.41, 5.74) is 3.83. The lowest BCUT2D eigenvalue weighted by atomic mass is 10.1. The molecule has 2 rings (SSSR count). The lowest BCUT2D eigenvalue weighted by Crippen LogP contribution is -2.25. The van der Waals surface area contributed by atoms with Gasteiger partial charge >= 0.3 is 0 Å². The number of anilines is 1. The lowest BCUT2D eigenvalue weighted by Gasteiger charge is -2.26. The van der Waals surface area contributed by atoms with Crippen LogP contribution in [0.4, 0.5) is 5.69 Å². The Balaban J connectivity index is 2.47. The maximum atomic E-state index is 4.43. The van der Waals surface area contributed by atoms with Gasteiger partial charge in [0, 0.05) is 19.8 Å². The predicted octanol–water partition coefficient (Wildman–Crippen LogP) is 1.77. The zero-order chi connectivity index (χ0) is 8.55. The Kier molecular flexibility index (Phi) is 1.75. The first kappa shape index (κ1) is 7.59. The van der Waals surface area contributed by atoms with Gasteiger partial charge in [0.2, 0.25) is 0 Å². The van der Waals surface area contributed by atoms with Crippen molar-refractivity contribution >= 4 is 5.69 Å². The van der Waals surface area contributed by atoms with E-state index in [-0.39, 0.29) is 0 Å². The monoisotopic (exact) mass is 162 g/mol. The number of rotatable bonds is 0. The standard InChI is InChI=1S/C10H14N2/c1-8-6-10-9(11-7-8)4-3-5-12(10)2/h6-7H,3-5H2,1-2H3. The van der Waals surface area contributed by atoms with E-state index >= 15 is 0 Å². The third-order valence-electron chi connectivity index (χ3n) is 2.40. The van der Waals surface area contributed by atoms with Gasteiger partial charge in [-0.15, -0.1) is 0 Å². The molecular formula is C10H14N2. The number of pyridine rings is 1. The van der Waals surface area contributed by atoms with Crippen molar-refractivity contribution in [2.24, 2.45) is 0 Å². The van der Waals surface area contributed by atoms with Crippen molar-refractivity contribution < 1.29 is 0 Å². The molecule has 2 nitrogen and oxygen atoms in total. The van der Waals surface area contributed by atoms with Gasteiger partial charge in [0.25, 0.3) is 0 Å². The Morgan fingerprint density at radius 3 is 3.17 bits per heavy atom. The summed E-state index contributed by atoms with van der Waals surface area (Å²) >= 11 is 0. The molecule has 0 unspecified atom stereocenters. The fraction of sp³-hybridized carbons (Fsp3) is 0.500. The van der Waals surface area contributed by atoms with Crippen molar-refractivity contribution in [3.05, 3.63) is 23.5 Å². The van der Waals surface area contributed by atoms with Crippen LogP contribution in [0.1, 0.15) is 17.7 Å². The number of aromatic nitrogens is 1. The zero-order valence-electron chi connectivity index (χ0n) is 7.67. The average molecular weight is 162 g/mol. The van der Waals surface area contributed by atoms with Crippen LogP contribution < -0.4 is 4.90 Å². The highest BCUT2D eigenvalue weighted by molar-refractivity contribution is 5.53. The molecule has 0 aliphatic carbocycles. The van der Waals surface area contributed by atoms with Gasteiger partial charge in [-0.3, -0.25) is 4.98 Å². The predicted molar refractivity (Wildman–Crippen MR) is 50.6 cm³/mol. The largest absolute Gasteiger partial charge is 0.373 e. The molecule has 64 valence electrons. The van der Waals surface area contributed by atoms with E-state index in [9.17, 15) is 0 Å². The SMILES string of the molecule is Cc1cnc2c(c1)N(C)CCC2. The van der Waals surface area contributed by atoms with Crippen LogP contribution in [0.3, 0.4) is 0 Å². The van der Waals surface area contributed by atoms with E-state index in [1.165, 1.54) is 23.4 Å². The van der Waals surface area contributed by atoms with E-state index in [1.54, 1.807) is 0 Å². The van der Waals surface area contributed by atoms with Gasteiger partial charge in [0.05, 0.1) is 11.4 Å². The van der Waals surface area contributed by atoms with Gasteiger partial charge in [0.15, 0.2) is 0 Å². The smallest absolute Gasteiger partial charge is 0.0637 e. The first-order valence-electron chi connectivity index (χ1n) is 4.44. The van der Waals surface area contributed by atoms with Crippen LogP contribution in [-0.2, 0) is 6.42 Å². The topological polar surface area (TPSA) is 16.1 Å². The van der Waals surface area contributed by atoms with Gasteiger partial charge in [-0.1, -0.05) is 0 Å². The fourth-order valence-corrected chi connectivity index (χ4v) is 1.71. The quantitative estimate of drug-likeness (QED) is 0.578. The van der Waals surface area contributed by atoms with E-state index < -0.39 is 0 Å². The zero-order valence-corrected chi connectivity index (χ0v) is 7.67. The minimum absolute atomic E-state index is 1.14. The Labute approximate surface area is 73.2 Å². The van der Waals surface area contributed by atoms with Gasteiger partial charge in [-0.2, -0.15) is 0 Å². The van der Waals surface area contributed by atoms with E-state index in [0.717, 1.165) is 13.0 Å². The molecule has 1 aromatic rings. The summed E-state index contributed by atoms with van der Waals surface area (Å²) in [5.74, 6) is 0. The lowest BCUT2D eigenvalue weighted by molar-refractivity contribution is 0.724. The van der Waals surface area contributed by atoms with E-state index in [4.69, 9.17) is 0 Å². The molecular weight excluding hydrogens is 148 g/mol. The molecule has 1 aromatic heterocycles. The van der Waals surface area contributed by atoms with E-state index in [1.807, 2.05) is 6.20 Å². The maximum absolute atomic E-state index is 4.43. The van der Waals surface area contributed by atoms with E-state index in [2.05, 4.69) is 29.9 Å². The Hall–Kier alpha value is -1.05. The van der Waals surface area contributed by atoms with Crippen molar-refractivity contribution in [3.8, 4) is 0 Å². The molecule has 1 aliphatic rings. The van der Waals surface area contributed by atoms with Gasteiger partial charge in [0.1, 0.15) is 0 Å². The maximum Gasteiger partial charge on any atom is 0.0637 e. The molecule has 0 saturated carbocycles. The van der Waals surface area contributed by atoms with Crippen LogP contribution in [-0.4, -0.2) is 18.6 Å². The number of fused-ring (bicyclic) bond motifs is 1. The molecule has 1 aliphatic heterocycles. The molecule has 2 heteroatoms. The first-order valence-corrected chi connectivity index (χ1v) is 4.44. The van der Waals surface area contributed by atoms with Crippen molar-refractivity contribution in [1.29, 1.82) is 0 Å². The average Bonchev–Trinajstić information content (AvgIpc) is 2.07. The summed E-state index contributed by atoms with van der Waals surface area (Å²) in [6, 6.07) is 2.22. The molecule has 0 spiro atoms. The number of hydrogen-bond donors (Lipinski definition) is 0. The fourth-order valence-electron chi connectivity index (χ4n) is 1.71. The van der Waals surface area contributed by atoms with Crippen molar-refractivity contribution in [2.45, 2.75) is 19.8 Å². The van der Waals surface area contributed by atoms with Gasteiger partial charge < -0.3 is 4.90 Å². The molecule has 0 amide bonds. The minimum atomic E-state index is 1.14. The molecule has 2 heterocycles. The van der Waals surface area contributed by atoms with Gasteiger partial charge in [-0.25, -0.2) is 0 Å². The Morgan fingerprint density at radius 2 is 2.33 bits per heavy atom. The normalized spacial score (nSPS) is 16.0. The van der Waals surface area contributed by atoms with Crippen molar-refractivity contribution in [1.82, 2.24) is 4.98 Å². The second-order valence-corrected chi connectivity index (χ2v) is 3.50. The molecule has 0 aromatic carbocycles. The summed E-state index contributed by atoms with van der Waals surface area (Å²) in [6.45, 7) is 3.26. The Morgan fingerprint density at radius 1 is 1.50 bits per heavy atom. The summed E-state index contributed by atoms with van der Waals surface area (Å²) in [4.78, 5) is 6.72.